The maximum Gasteiger partial charge on any atom is 0.230 e. The summed E-state index contributed by atoms with van der Waals surface area (Å²) < 4.78 is 0. The van der Waals surface area contributed by atoms with Gasteiger partial charge in [0.1, 0.15) is 0 Å². The van der Waals surface area contributed by atoms with Gasteiger partial charge in [-0.2, -0.15) is 0 Å². The minimum absolute atomic E-state index is 0.0918. The molecular weight excluding hydrogens is 396 g/mol. The van der Waals surface area contributed by atoms with Crippen LogP contribution in [0.2, 0.25) is 0 Å². The predicted molar refractivity (Wildman–Crippen MR) is 130 cm³/mol. The molecule has 0 radical (unpaired) electrons. The first kappa shape index (κ1) is 21.2. The van der Waals surface area contributed by atoms with E-state index >= 15 is 0 Å². The van der Waals surface area contributed by atoms with Crippen molar-refractivity contribution in [3.8, 4) is 11.3 Å². The number of nitrogens with zero attached hydrogens (tertiary/aromatic N) is 3. The summed E-state index contributed by atoms with van der Waals surface area (Å²) in [6.07, 6.45) is 3.27. The van der Waals surface area contributed by atoms with E-state index in [9.17, 15) is 4.79 Å². The van der Waals surface area contributed by atoms with E-state index in [2.05, 4.69) is 56.6 Å². The second-order valence-electron chi connectivity index (χ2n) is 8.54. The van der Waals surface area contributed by atoms with E-state index in [1.165, 1.54) is 0 Å². The number of amides is 1. The van der Waals surface area contributed by atoms with Crippen LogP contribution in [-0.4, -0.2) is 15.9 Å². The van der Waals surface area contributed by atoms with Crippen molar-refractivity contribution in [3.63, 3.8) is 0 Å². The van der Waals surface area contributed by atoms with Gasteiger partial charge in [0.05, 0.1) is 18.1 Å². The summed E-state index contributed by atoms with van der Waals surface area (Å²) in [7, 11) is 0. The fourth-order valence-electron chi connectivity index (χ4n) is 3.23. The van der Waals surface area contributed by atoms with E-state index < -0.39 is 5.41 Å². The van der Waals surface area contributed by atoms with Crippen molar-refractivity contribution in [2.75, 3.05) is 10.2 Å². The number of aromatic nitrogens is 2. The first-order valence-corrected chi connectivity index (χ1v) is 10.6. The molecule has 0 spiro atoms. The molecule has 0 aliphatic carbocycles. The third-order valence-corrected chi connectivity index (χ3v) is 5.02. The van der Waals surface area contributed by atoms with Crippen molar-refractivity contribution < 1.29 is 4.79 Å². The molecule has 0 aliphatic rings. The van der Waals surface area contributed by atoms with Gasteiger partial charge in [-0.1, -0.05) is 69.3 Å². The van der Waals surface area contributed by atoms with Crippen LogP contribution in [0.4, 0.5) is 22.9 Å². The van der Waals surface area contributed by atoms with E-state index in [1.807, 2.05) is 69.3 Å². The van der Waals surface area contributed by atoms with Crippen LogP contribution in [0.25, 0.3) is 11.3 Å². The predicted octanol–water partition coefficient (Wildman–Crippen LogP) is 6.60. The molecule has 0 saturated carbocycles. The lowest BCUT2D eigenvalue weighted by Gasteiger charge is -2.25. The number of carbonyl (C=O) groups excluding carboxylic acids is 1. The van der Waals surface area contributed by atoms with Crippen LogP contribution in [0, 0.1) is 5.41 Å². The average Bonchev–Trinajstić information content (AvgIpc) is 2.81. The first-order chi connectivity index (χ1) is 15.4. The highest BCUT2D eigenvalue weighted by atomic mass is 16.2. The number of para-hydroxylation sites is 2. The smallest absolute Gasteiger partial charge is 0.230 e. The van der Waals surface area contributed by atoms with Crippen LogP contribution in [-0.2, 0) is 4.79 Å². The number of carbonyl (C=O) groups is 1. The summed E-state index contributed by atoms with van der Waals surface area (Å²) in [5, 5.41) is 2.80. The molecule has 1 amide bonds. The molecule has 0 unspecified atom stereocenters. The molecule has 0 saturated heterocycles. The third kappa shape index (κ3) is 4.83. The molecule has 4 rings (SSSR count). The summed E-state index contributed by atoms with van der Waals surface area (Å²) in [6.45, 7) is 5.58. The number of hydrogen-bond donors (Lipinski definition) is 1. The Bertz CT molecular complexity index is 1130. The lowest BCUT2D eigenvalue weighted by molar-refractivity contribution is -0.123. The standard InChI is InChI=1S/C27H26N4O/c1-27(2,3)26(32)30-25-19-28-24(18-29-25)20-14-16-23(17-15-20)31(21-10-6-4-7-11-21)22-12-8-5-9-13-22/h4-19H,1-3H3,(H,29,30,32). The summed E-state index contributed by atoms with van der Waals surface area (Å²) >= 11 is 0. The Kier molecular flexibility index (Phi) is 5.99. The van der Waals surface area contributed by atoms with Crippen LogP contribution in [0.3, 0.4) is 0 Å². The van der Waals surface area contributed by atoms with Gasteiger partial charge in [0.15, 0.2) is 5.82 Å². The fourth-order valence-corrected chi connectivity index (χ4v) is 3.23. The zero-order chi connectivity index (χ0) is 22.6. The molecule has 0 atom stereocenters. The van der Waals surface area contributed by atoms with Gasteiger partial charge in [0, 0.05) is 28.0 Å². The lowest BCUT2D eigenvalue weighted by atomic mass is 9.96. The summed E-state index contributed by atoms with van der Waals surface area (Å²) in [6, 6.07) is 28.8. The normalized spacial score (nSPS) is 11.1. The Morgan fingerprint density at radius 3 is 1.72 bits per heavy atom. The average molecular weight is 423 g/mol. The van der Waals surface area contributed by atoms with Gasteiger partial charge in [0.25, 0.3) is 0 Å². The Balaban J connectivity index is 1.58. The number of nitrogens with one attached hydrogen (secondary N) is 1. The third-order valence-electron chi connectivity index (χ3n) is 5.02. The molecule has 0 aliphatic heterocycles. The van der Waals surface area contributed by atoms with Crippen molar-refractivity contribution in [2.24, 2.45) is 5.41 Å². The van der Waals surface area contributed by atoms with E-state index in [-0.39, 0.29) is 5.91 Å². The van der Waals surface area contributed by atoms with Gasteiger partial charge < -0.3 is 10.2 Å². The second-order valence-corrected chi connectivity index (χ2v) is 8.54. The maximum atomic E-state index is 12.1. The van der Waals surface area contributed by atoms with Crippen LogP contribution in [0.1, 0.15) is 20.8 Å². The van der Waals surface area contributed by atoms with Gasteiger partial charge in [0.2, 0.25) is 5.91 Å². The molecule has 1 heterocycles. The molecule has 1 aromatic heterocycles. The number of anilines is 4. The van der Waals surface area contributed by atoms with Crippen molar-refractivity contribution in [1.82, 2.24) is 9.97 Å². The van der Waals surface area contributed by atoms with E-state index in [0.717, 1.165) is 28.3 Å². The van der Waals surface area contributed by atoms with E-state index in [0.29, 0.717) is 5.82 Å². The molecule has 3 aromatic carbocycles. The highest BCUT2D eigenvalue weighted by molar-refractivity contribution is 5.93. The van der Waals surface area contributed by atoms with Crippen molar-refractivity contribution in [2.45, 2.75) is 20.8 Å². The van der Waals surface area contributed by atoms with Crippen molar-refractivity contribution in [1.29, 1.82) is 0 Å². The molecule has 160 valence electrons. The highest BCUT2D eigenvalue weighted by Crippen LogP contribution is 2.34. The Morgan fingerprint density at radius 2 is 1.25 bits per heavy atom. The maximum absolute atomic E-state index is 12.1. The Hall–Kier alpha value is -3.99. The zero-order valence-corrected chi connectivity index (χ0v) is 18.5. The highest BCUT2D eigenvalue weighted by Gasteiger charge is 2.21. The van der Waals surface area contributed by atoms with Gasteiger partial charge in [-0.25, -0.2) is 4.98 Å². The summed E-state index contributed by atoms with van der Waals surface area (Å²) in [5.74, 6) is 0.357. The van der Waals surface area contributed by atoms with Crippen molar-refractivity contribution >= 4 is 28.8 Å². The lowest BCUT2D eigenvalue weighted by Crippen LogP contribution is -2.28. The fraction of sp³-hybridized carbons (Fsp3) is 0.148. The summed E-state index contributed by atoms with van der Waals surface area (Å²) in [5.41, 5.74) is 4.44. The van der Waals surface area contributed by atoms with Crippen LogP contribution >= 0.6 is 0 Å². The van der Waals surface area contributed by atoms with Crippen molar-refractivity contribution in [3.05, 3.63) is 97.3 Å². The zero-order valence-electron chi connectivity index (χ0n) is 18.5. The monoisotopic (exact) mass is 422 g/mol. The van der Waals surface area contributed by atoms with E-state index in [4.69, 9.17) is 0 Å². The van der Waals surface area contributed by atoms with Crippen LogP contribution < -0.4 is 10.2 Å². The van der Waals surface area contributed by atoms with Gasteiger partial charge in [-0.05, 0) is 36.4 Å². The van der Waals surface area contributed by atoms with Gasteiger partial charge in [-0.15, -0.1) is 0 Å². The molecule has 4 aromatic rings. The molecule has 0 fully saturated rings. The minimum atomic E-state index is -0.487. The number of benzene rings is 3. The second kappa shape index (κ2) is 9.02. The quantitative estimate of drug-likeness (QED) is 0.394. The Labute approximate surface area is 188 Å². The Morgan fingerprint density at radius 1 is 0.719 bits per heavy atom. The largest absolute Gasteiger partial charge is 0.311 e. The molecule has 5 heteroatoms. The number of rotatable bonds is 5. The minimum Gasteiger partial charge on any atom is -0.311 e. The van der Waals surface area contributed by atoms with Crippen LogP contribution in [0.15, 0.2) is 97.3 Å². The SMILES string of the molecule is CC(C)(C)C(=O)Nc1cnc(-c2ccc(N(c3ccccc3)c3ccccc3)cc2)cn1. The topological polar surface area (TPSA) is 58.1 Å². The molecule has 1 N–H and O–H groups in total. The van der Waals surface area contributed by atoms with Crippen LogP contribution in [0.5, 0.6) is 0 Å². The van der Waals surface area contributed by atoms with E-state index in [1.54, 1.807) is 12.4 Å². The number of hydrogen-bond acceptors (Lipinski definition) is 4. The molecule has 32 heavy (non-hydrogen) atoms. The molecule has 0 bridgehead atoms. The van der Waals surface area contributed by atoms with Gasteiger partial charge >= 0.3 is 0 Å². The van der Waals surface area contributed by atoms with Gasteiger partial charge in [-0.3, -0.25) is 9.78 Å². The molecule has 5 nitrogen and oxygen atoms in total. The first-order valence-electron chi connectivity index (χ1n) is 10.6. The summed E-state index contributed by atoms with van der Waals surface area (Å²) in [4.78, 5) is 23.2. The molecular formula is C27H26N4O.